The third-order valence-electron chi connectivity index (χ3n) is 3.18. The van der Waals surface area contributed by atoms with Gasteiger partial charge in [0.2, 0.25) is 0 Å². The fraction of sp³-hybridized carbons (Fsp3) is 0.176. The van der Waals surface area contributed by atoms with Crippen LogP contribution in [-0.2, 0) is 0 Å². The van der Waals surface area contributed by atoms with Crippen LogP contribution < -0.4 is 16.0 Å². The molecule has 0 radical (unpaired) electrons. The van der Waals surface area contributed by atoms with Crippen LogP contribution in [0.5, 0.6) is 0 Å². The van der Waals surface area contributed by atoms with E-state index < -0.39 is 0 Å². The first-order valence-corrected chi connectivity index (χ1v) is 7.58. The van der Waals surface area contributed by atoms with Crippen LogP contribution in [-0.4, -0.2) is 25.0 Å². The van der Waals surface area contributed by atoms with Crippen molar-refractivity contribution in [1.82, 2.24) is 10.6 Å². The predicted molar refractivity (Wildman–Crippen MR) is 92.0 cm³/mol. The number of aryl methyl sites for hydroxylation is 1. The van der Waals surface area contributed by atoms with Crippen LogP contribution in [0.4, 0.5) is 10.5 Å². The van der Waals surface area contributed by atoms with Gasteiger partial charge in [-0.1, -0.05) is 35.9 Å². The minimum atomic E-state index is -0.343. The van der Waals surface area contributed by atoms with E-state index in [9.17, 15) is 9.59 Å². The summed E-state index contributed by atoms with van der Waals surface area (Å²) in [6.07, 6.45) is 0. The lowest BCUT2D eigenvalue weighted by molar-refractivity contribution is 0.0954. The fourth-order valence-corrected chi connectivity index (χ4v) is 2.11. The maximum Gasteiger partial charge on any atom is 0.319 e. The summed E-state index contributed by atoms with van der Waals surface area (Å²) in [4.78, 5) is 23.6. The number of carbonyl (C=O) groups excluding carboxylic acids is 2. The van der Waals surface area contributed by atoms with Gasteiger partial charge in [0.15, 0.2) is 0 Å². The molecule has 2 rings (SSSR count). The maximum atomic E-state index is 11.8. The number of nitrogens with one attached hydrogen (secondary N) is 3. The normalized spacial score (nSPS) is 10.0. The molecule has 0 aliphatic heterocycles. The molecular formula is C17H18ClN3O2. The number of rotatable bonds is 5. The van der Waals surface area contributed by atoms with Gasteiger partial charge in [-0.3, -0.25) is 4.79 Å². The molecule has 5 nitrogen and oxygen atoms in total. The number of urea groups is 1. The predicted octanol–water partition coefficient (Wildman–Crippen LogP) is 3.20. The quantitative estimate of drug-likeness (QED) is 0.736. The zero-order chi connectivity index (χ0) is 16.7. The lowest BCUT2D eigenvalue weighted by Crippen LogP contribution is -2.36. The largest absolute Gasteiger partial charge is 0.350 e. The molecule has 23 heavy (non-hydrogen) atoms. The van der Waals surface area contributed by atoms with Gasteiger partial charge >= 0.3 is 6.03 Å². The van der Waals surface area contributed by atoms with Crippen LogP contribution in [0.2, 0.25) is 5.02 Å². The monoisotopic (exact) mass is 331 g/mol. The minimum absolute atomic E-state index is 0.168. The van der Waals surface area contributed by atoms with Crippen LogP contribution in [0.15, 0.2) is 48.5 Å². The summed E-state index contributed by atoms with van der Waals surface area (Å²) in [5.41, 5.74) is 2.16. The molecule has 2 aromatic rings. The number of benzene rings is 2. The average Bonchev–Trinajstić information content (AvgIpc) is 2.55. The Hall–Kier alpha value is -2.53. The van der Waals surface area contributed by atoms with Gasteiger partial charge in [-0.25, -0.2) is 4.79 Å². The Morgan fingerprint density at radius 3 is 2.43 bits per heavy atom. The van der Waals surface area contributed by atoms with Gasteiger partial charge in [0.1, 0.15) is 0 Å². The highest BCUT2D eigenvalue weighted by Gasteiger charge is 2.06. The average molecular weight is 332 g/mol. The molecule has 3 N–H and O–H groups in total. The van der Waals surface area contributed by atoms with E-state index in [-0.39, 0.29) is 11.9 Å². The molecule has 0 bridgehead atoms. The van der Waals surface area contributed by atoms with Gasteiger partial charge in [0.05, 0.1) is 0 Å². The van der Waals surface area contributed by atoms with Crippen LogP contribution in [0.25, 0.3) is 0 Å². The van der Waals surface area contributed by atoms with E-state index >= 15 is 0 Å². The van der Waals surface area contributed by atoms with Crippen molar-refractivity contribution in [1.29, 1.82) is 0 Å². The van der Waals surface area contributed by atoms with Gasteiger partial charge in [0, 0.05) is 29.4 Å². The first-order valence-electron chi connectivity index (χ1n) is 7.20. The highest BCUT2D eigenvalue weighted by Crippen LogP contribution is 2.19. The van der Waals surface area contributed by atoms with Gasteiger partial charge < -0.3 is 16.0 Å². The van der Waals surface area contributed by atoms with E-state index in [1.807, 2.05) is 19.1 Å². The number of carbonyl (C=O) groups is 2. The standard InChI is InChI=1S/C17H18ClN3O2/c1-12-7-8-14(18)11-15(12)21-17(23)20-10-9-19-16(22)13-5-3-2-4-6-13/h2-8,11H,9-10H2,1H3,(H,19,22)(H2,20,21,23). The molecule has 0 aromatic heterocycles. The highest BCUT2D eigenvalue weighted by atomic mass is 35.5. The second-order valence-corrected chi connectivity index (χ2v) is 5.40. The number of amides is 3. The molecule has 3 amide bonds. The number of hydrogen-bond donors (Lipinski definition) is 3. The third kappa shape index (κ3) is 5.30. The van der Waals surface area contributed by atoms with Crippen molar-refractivity contribution in [2.24, 2.45) is 0 Å². The lowest BCUT2D eigenvalue weighted by atomic mass is 10.2. The Kier molecular flexibility index (Phi) is 6.00. The minimum Gasteiger partial charge on any atom is -0.350 e. The van der Waals surface area contributed by atoms with Gasteiger partial charge in [0.25, 0.3) is 5.91 Å². The molecule has 0 fully saturated rings. The van der Waals surface area contributed by atoms with E-state index in [4.69, 9.17) is 11.6 Å². The second kappa shape index (κ2) is 8.19. The smallest absolute Gasteiger partial charge is 0.319 e. The van der Waals surface area contributed by atoms with Crippen molar-refractivity contribution in [2.75, 3.05) is 18.4 Å². The molecule has 0 spiro atoms. The van der Waals surface area contributed by atoms with Crippen LogP contribution in [0.1, 0.15) is 15.9 Å². The van der Waals surface area contributed by atoms with E-state index in [2.05, 4.69) is 16.0 Å². The van der Waals surface area contributed by atoms with Crippen molar-refractivity contribution in [2.45, 2.75) is 6.92 Å². The first kappa shape index (κ1) is 16.8. The van der Waals surface area contributed by atoms with E-state index in [0.29, 0.717) is 29.4 Å². The molecule has 0 aliphatic carbocycles. The van der Waals surface area contributed by atoms with Crippen LogP contribution in [0, 0.1) is 6.92 Å². The Morgan fingerprint density at radius 2 is 1.70 bits per heavy atom. The SMILES string of the molecule is Cc1ccc(Cl)cc1NC(=O)NCCNC(=O)c1ccccc1. The Morgan fingerprint density at radius 1 is 1.00 bits per heavy atom. The summed E-state index contributed by atoms with van der Waals surface area (Å²) in [5.74, 6) is -0.168. The lowest BCUT2D eigenvalue weighted by Gasteiger charge is -2.10. The molecule has 0 unspecified atom stereocenters. The molecule has 0 saturated heterocycles. The van der Waals surface area contributed by atoms with Crippen molar-refractivity contribution >= 4 is 29.2 Å². The zero-order valence-corrected chi connectivity index (χ0v) is 13.5. The highest BCUT2D eigenvalue weighted by molar-refractivity contribution is 6.31. The Labute approximate surface area is 140 Å². The molecule has 0 saturated carbocycles. The molecule has 120 valence electrons. The summed E-state index contributed by atoms with van der Waals surface area (Å²) in [5, 5.41) is 8.69. The number of hydrogen-bond acceptors (Lipinski definition) is 2. The zero-order valence-electron chi connectivity index (χ0n) is 12.7. The molecule has 2 aromatic carbocycles. The maximum absolute atomic E-state index is 11.8. The molecular weight excluding hydrogens is 314 g/mol. The van der Waals surface area contributed by atoms with Crippen molar-refractivity contribution in [3.63, 3.8) is 0 Å². The summed E-state index contributed by atoms with van der Waals surface area (Å²) in [6, 6.07) is 13.9. The molecule has 0 heterocycles. The van der Waals surface area contributed by atoms with Crippen molar-refractivity contribution < 1.29 is 9.59 Å². The third-order valence-corrected chi connectivity index (χ3v) is 3.42. The molecule has 0 atom stereocenters. The van der Waals surface area contributed by atoms with E-state index in [1.165, 1.54) is 0 Å². The fourth-order valence-electron chi connectivity index (χ4n) is 1.94. The summed E-state index contributed by atoms with van der Waals surface area (Å²) < 4.78 is 0. The second-order valence-electron chi connectivity index (χ2n) is 4.96. The summed E-state index contributed by atoms with van der Waals surface area (Å²) >= 11 is 5.90. The van der Waals surface area contributed by atoms with Gasteiger partial charge in [-0.15, -0.1) is 0 Å². The Bertz CT molecular complexity index is 689. The molecule has 6 heteroatoms. The van der Waals surface area contributed by atoms with Crippen molar-refractivity contribution in [3.8, 4) is 0 Å². The van der Waals surface area contributed by atoms with Gasteiger partial charge in [-0.05, 0) is 36.8 Å². The first-order chi connectivity index (χ1) is 11.1. The van der Waals surface area contributed by atoms with E-state index in [0.717, 1.165) is 5.56 Å². The molecule has 0 aliphatic rings. The summed E-state index contributed by atoms with van der Waals surface area (Å²) in [7, 11) is 0. The number of halogens is 1. The van der Waals surface area contributed by atoms with E-state index in [1.54, 1.807) is 36.4 Å². The van der Waals surface area contributed by atoms with Crippen LogP contribution >= 0.6 is 11.6 Å². The summed E-state index contributed by atoms with van der Waals surface area (Å²) in [6.45, 7) is 2.55. The van der Waals surface area contributed by atoms with Gasteiger partial charge in [-0.2, -0.15) is 0 Å². The Balaban J connectivity index is 1.73. The van der Waals surface area contributed by atoms with Crippen molar-refractivity contribution in [3.05, 3.63) is 64.7 Å². The topological polar surface area (TPSA) is 70.2 Å². The number of anilines is 1. The van der Waals surface area contributed by atoms with Crippen LogP contribution in [0.3, 0.4) is 0 Å².